The fourth-order valence-electron chi connectivity index (χ4n) is 2.48. The Balaban J connectivity index is 3.55. The molecular weight excluding hydrogens is 592 g/mol. The van der Waals surface area contributed by atoms with Crippen LogP contribution in [0, 0.1) is 17.4 Å². The van der Waals surface area contributed by atoms with Crippen LogP contribution in [0.15, 0.2) is 12.2 Å². The van der Waals surface area contributed by atoms with Gasteiger partial charge in [-0.1, -0.05) is 6.58 Å². The number of hydrogen-bond donors (Lipinski definition) is 4. The Morgan fingerprint density at radius 1 is 1.07 bits per heavy atom. The van der Waals surface area contributed by atoms with Crippen molar-refractivity contribution in [3.63, 3.8) is 0 Å². The minimum absolute atomic E-state index is 0.0736. The van der Waals surface area contributed by atoms with Crippen LogP contribution in [-0.2, 0) is 7.86 Å². The number of carbonyl (C=O) groups is 3. The number of hydrogen-bond acceptors (Lipinski definition) is 5. The maximum atomic E-state index is 12.8. The fourth-order valence-corrected chi connectivity index (χ4v) is 4.00. The molecule has 0 saturated carbocycles. The first-order chi connectivity index (χ1) is 13.2. The van der Waals surface area contributed by atoms with E-state index in [2.05, 4.69) is 22.5 Å². The summed E-state index contributed by atoms with van der Waals surface area (Å²) in [6.45, 7) is 9.08. The number of benzene rings is 1. The van der Waals surface area contributed by atoms with Gasteiger partial charge in [0, 0.05) is 27.9 Å². The van der Waals surface area contributed by atoms with E-state index in [-0.39, 0.29) is 24.6 Å². The van der Waals surface area contributed by atoms with Gasteiger partial charge in [0.05, 0.1) is 24.3 Å². The van der Waals surface area contributed by atoms with Gasteiger partial charge in [0.15, 0.2) is 0 Å². The van der Waals surface area contributed by atoms with Crippen LogP contribution in [0.2, 0.25) is 0 Å². The van der Waals surface area contributed by atoms with Crippen LogP contribution in [0.3, 0.4) is 0 Å². The maximum Gasteiger partial charge on any atom is 0.252 e. The van der Waals surface area contributed by atoms with E-state index in [0.29, 0.717) is 44.7 Å². The summed E-state index contributed by atoms with van der Waals surface area (Å²) in [4.78, 5) is 37.6. The van der Waals surface area contributed by atoms with Crippen molar-refractivity contribution < 1.29 is 22.6 Å². The van der Waals surface area contributed by atoms with Crippen molar-refractivity contribution in [2.45, 2.75) is 20.8 Å². The molecule has 28 heavy (non-hydrogen) atoms. The molecule has 0 bridgehead atoms. The van der Waals surface area contributed by atoms with Crippen molar-refractivity contribution >= 4 is 69.0 Å². The molecular formula is C18H23I2N3O5. The number of anilines is 1. The number of aliphatic hydroxyl groups is 1. The van der Waals surface area contributed by atoms with Crippen molar-refractivity contribution in [1.29, 1.82) is 0 Å². The van der Waals surface area contributed by atoms with Crippen LogP contribution >= 0.6 is 45.6 Å². The van der Waals surface area contributed by atoms with Crippen molar-refractivity contribution in [1.82, 2.24) is 10.6 Å². The average Bonchev–Trinajstić information content (AvgIpc) is 2.63. The van der Waals surface area contributed by atoms with Crippen molar-refractivity contribution in [3.05, 3.63) is 38.0 Å². The summed E-state index contributed by atoms with van der Waals surface area (Å²) in [5.41, 5.74) is 2.33. The molecule has 0 unspecified atom stereocenters. The highest BCUT2D eigenvalue weighted by Crippen LogP contribution is 2.33. The lowest BCUT2D eigenvalue weighted by atomic mass is 9.95. The van der Waals surface area contributed by atoms with Gasteiger partial charge in [0.25, 0.3) is 17.7 Å². The molecule has 1 aromatic carbocycles. The molecule has 0 aliphatic heterocycles. The number of halogens is 2. The van der Waals surface area contributed by atoms with Gasteiger partial charge >= 0.3 is 0 Å². The summed E-state index contributed by atoms with van der Waals surface area (Å²) in [6, 6.07) is 0. The molecule has 0 atom stereocenters. The molecule has 0 fully saturated rings. The first-order valence-corrected chi connectivity index (χ1v) is 10.3. The summed E-state index contributed by atoms with van der Waals surface area (Å²) in [5, 5.41) is 17.1. The van der Waals surface area contributed by atoms with Crippen molar-refractivity contribution in [3.8, 4) is 0 Å². The van der Waals surface area contributed by atoms with E-state index in [9.17, 15) is 14.4 Å². The first-order valence-electron chi connectivity index (χ1n) is 8.37. The second-order valence-electron chi connectivity index (χ2n) is 5.97. The van der Waals surface area contributed by atoms with Crippen LogP contribution in [0.1, 0.15) is 38.8 Å². The minimum atomic E-state index is -0.439. The molecule has 10 heteroatoms. The SMILES string of the molecule is C=C(C)C(=O)Nc1c(C)c(C(=O)NCCO)c(I)c(C(=O)NCCOI)c1C. The van der Waals surface area contributed by atoms with E-state index >= 15 is 0 Å². The van der Waals surface area contributed by atoms with Crippen molar-refractivity contribution in [2.24, 2.45) is 0 Å². The average molecular weight is 615 g/mol. The van der Waals surface area contributed by atoms with Gasteiger partial charge < -0.3 is 24.1 Å². The predicted octanol–water partition coefficient (Wildman–Crippen LogP) is 2.24. The number of carbonyl (C=O) groups excluding carboxylic acids is 3. The van der Waals surface area contributed by atoms with Crippen LogP contribution in [0.5, 0.6) is 0 Å². The molecule has 0 heterocycles. The number of amides is 3. The van der Waals surface area contributed by atoms with E-state index < -0.39 is 11.8 Å². The van der Waals surface area contributed by atoms with Gasteiger partial charge in [-0.3, -0.25) is 14.4 Å². The minimum Gasteiger partial charge on any atom is -0.395 e. The standard InChI is InChI=1S/C18H23I2N3O5/c1-9(2)16(25)23-15-10(3)12(17(26)21-5-7-24)14(19)13(11(15)4)18(27)22-6-8-28-20/h24H,1,5-8H2,2-4H3,(H,21,26)(H,22,27)(H,23,25). The molecule has 0 aliphatic carbocycles. The number of nitrogens with one attached hydrogen (secondary N) is 3. The molecule has 0 aromatic heterocycles. The van der Waals surface area contributed by atoms with E-state index in [0.717, 1.165) is 0 Å². The Morgan fingerprint density at radius 2 is 1.57 bits per heavy atom. The predicted molar refractivity (Wildman–Crippen MR) is 124 cm³/mol. The van der Waals surface area contributed by atoms with Crippen LogP contribution < -0.4 is 16.0 Å². The summed E-state index contributed by atoms with van der Waals surface area (Å²) >= 11 is 3.69. The van der Waals surface area contributed by atoms with Crippen LogP contribution in [0.4, 0.5) is 5.69 Å². The summed E-state index contributed by atoms with van der Waals surface area (Å²) in [7, 11) is 0. The highest BCUT2D eigenvalue weighted by molar-refractivity contribution is 14.1. The molecule has 0 saturated heterocycles. The van der Waals surface area contributed by atoms with Gasteiger partial charge in [-0.25, -0.2) is 0 Å². The molecule has 8 nitrogen and oxygen atoms in total. The van der Waals surface area contributed by atoms with Crippen LogP contribution in [-0.4, -0.2) is 49.1 Å². The third-order valence-electron chi connectivity index (χ3n) is 3.88. The van der Waals surface area contributed by atoms with E-state index in [1.807, 2.05) is 22.6 Å². The molecule has 0 spiro atoms. The van der Waals surface area contributed by atoms with Gasteiger partial charge in [-0.05, 0) is 54.5 Å². The highest BCUT2D eigenvalue weighted by atomic mass is 127. The zero-order chi connectivity index (χ0) is 21.4. The van der Waals surface area contributed by atoms with Gasteiger partial charge in [0.1, 0.15) is 23.0 Å². The quantitative estimate of drug-likeness (QED) is 0.193. The molecule has 154 valence electrons. The highest BCUT2D eigenvalue weighted by Gasteiger charge is 2.26. The van der Waals surface area contributed by atoms with Crippen molar-refractivity contribution in [2.75, 3.05) is 31.6 Å². The Hall–Kier alpha value is -1.25. The Kier molecular flexibility index (Phi) is 10.3. The molecule has 1 aromatic rings. The van der Waals surface area contributed by atoms with Gasteiger partial charge in [-0.15, -0.1) is 0 Å². The molecule has 1 rings (SSSR count). The monoisotopic (exact) mass is 615 g/mol. The molecule has 0 radical (unpaired) electrons. The van der Waals surface area contributed by atoms with E-state index in [1.54, 1.807) is 43.8 Å². The summed E-state index contributed by atoms with van der Waals surface area (Å²) in [5.74, 6) is -1.22. The third-order valence-corrected chi connectivity index (χ3v) is 5.40. The lowest BCUT2D eigenvalue weighted by Crippen LogP contribution is -2.32. The third kappa shape index (κ3) is 6.12. The maximum absolute atomic E-state index is 12.8. The normalized spacial score (nSPS) is 10.4. The number of aliphatic hydroxyl groups excluding tert-OH is 1. The molecule has 3 amide bonds. The number of rotatable bonds is 9. The Morgan fingerprint density at radius 3 is 2.00 bits per heavy atom. The lowest BCUT2D eigenvalue weighted by molar-refractivity contribution is -0.112. The Labute approximate surface area is 191 Å². The summed E-state index contributed by atoms with van der Waals surface area (Å²) < 4.78 is 5.38. The summed E-state index contributed by atoms with van der Waals surface area (Å²) in [6.07, 6.45) is 0. The smallest absolute Gasteiger partial charge is 0.252 e. The molecule has 4 N–H and O–H groups in total. The van der Waals surface area contributed by atoms with Gasteiger partial charge in [0.2, 0.25) is 0 Å². The molecule has 0 aliphatic rings. The zero-order valence-corrected chi connectivity index (χ0v) is 20.2. The first kappa shape index (κ1) is 24.8. The van der Waals surface area contributed by atoms with E-state index in [1.165, 1.54) is 0 Å². The largest absolute Gasteiger partial charge is 0.395 e. The second kappa shape index (κ2) is 11.7. The van der Waals surface area contributed by atoms with E-state index in [4.69, 9.17) is 8.17 Å². The second-order valence-corrected chi connectivity index (χ2v) is 7.67. The Bertz CT molecular complexity index is 796. The van der Waals surface area contributed by atoms with Crippen LogP contribution in [0.25, 0.3) is 0 Å². The topological polar surface area (TPSA) is 117 Å². The zero-order valence-electron chi connectivity index (χ0n) is 15.9. The van der Waals surface area contributed by atoms with Gasteiger partial charge in [-0.2, -0.15) is 0 Å². The fraction of sp³-hybridized carbons (Fsp3) is 0.389. The lowest BCUT2D eigenvalue weighted by Gasteiger charge is -2.21.